The molecule has 0 aliphatic carbocycles. The van der Waals surface area contributed by atoms with Gasteiger partial charge < -0.3 is 14.9 Å². The van der Waals surface area contributed by atoms with Gasteiger partial charge in [-0.15, -0.1) is 0 Å². The predicted molar refractivity (Wildman–Crippen MR) is 77.4 cm³/mol. The van der Waals surface area contributed by atoms with Crippen molar-refractivity contribution in [1.29, 1.82) is 0 Å². The standard InChI is InChI=1S/C15H14FN3O2/c1-18-7-8-19(15(21)14(18)20)10-12-4-5-13(16)9-11(12)3-2-6-17/h4-5,7-9H,6,10,17H2,1H3. The molecule has 0 atom stereocenters. The highest BCUT2D eigenvalue weighted by Crippen LogP contribution is 2.11. The van der Waals surface area contributed by atoms with Gasteiger partial charge in [0.15, 0.2) is 0 Å². The van der Waals surface area contributed by atoms with E-state index in [1.807, 2.05) is 0 Å². The summed E-state index contributed by atoms with van der Waals surface area (Å²) in [7, 11) is 1.50. The van der Waals surface area contributed by atoms with E-state index in [-0.39, 0.29) is 13.1 Å². The minimum Gasteiger partial charge on any atom is -0.320 e. The average Bonchev–Trinajstić information content (AvgIpc) is 2.47. The van der Waals surface area contributed by atoms with Crippen LogP contribution >= 0.6 is 0 Å². The van der Waals surface area contributed by atoms with Crippen LogP contribution in [-0.4, -0.2) is 15.7 Å². The number of nitrogens with zero attached hydrogens (tertiary/aromatic N) is 2. The van der Waals surface area contributed by atoms with Gasteiger partial charge in [-0.2, -0.15) is 0 Å². The van der Waals surface area contributed by atoms with E-state index in [0.717, 1.165) is 0 Å². The summed E-state index contributed by atoms with van der Waals surface area (Å²) in [5.41, 5.74) is 5.16. The lowest BCUT2D eigenvalue weighted by molar-refractivity contribution is 0.624. The minimum absolute atomic E-state index is 0.143. The quantitative estimate of drug-likeness (QED) is 0.626. The van der Waals surface area contributed by atoms with E-state index in [1.54, 1.807) is 6.07 Å². The Morgan fingerprint density at radius 3 is 2.71 bits per heavy atom. The van der Waals surface area contributed by atoms with Gasteiger partial charge >= 0.3 is 11.1 Å². The molecule has 0 fully saturated rings. The van der Waals surface area contributed by atoms with Gasteiger partial charge in [0, 0.05) is 25.0 Å². The molecular weight excluding hydrogens is 273 g/mol. The van der Waals surface area contributed by atoms with Gasteiger partial charge in [-0.3, -0.25) is 9.59 Å². The zero-order chi connectivity index (χ0) is 15.4. The number of halogens is 1. The molecule has 6 heteroatoms. The molecule has 21 heavy (non-hydrogen) atoms. The van der Waals surface area contributed by atoms with Crippen molar-refractivity contribution in [2.45, 2.75) is 6.54 Å². The Hall–Kier alpha value is -2.65. The van der Waals surface area contributed by atoms with E-state index in [0.29, 0.717) is 11.1 Å². The Bertz CT molecular complexity index is 840. The Morgan fingerprint density at radius 2 is 2.00 bits per heavy atom. The highest BCUT2D eigenvalue weighted by atomic mass is 19.1. The largest absolute Gasteiger partial charge is 0.320 e. The van der Waals surface area contributed by atoms with Crippen molar-refractivity contribution in [2.24, 2.45) is 12.8 Å². The number of nitrogens with two attached hydrogens (primary N) is 1. The van der Waals surface area contributed by atoms with Gasteiger partial charge in [-0.05, 0) is 17.7 Å². The molecule has 0 spiro atoms. The average molecular weight is 287 g/mol. The van der Waals surface area contributed by atoms with E-state index in [2.05, 4.69) is 11.8 Å². The number of aryl methyl sites for hydroxylation is 1. The van der Waals surface area contributed by atoms with Crippen LogP contribution in [-0.2, 0) is 13.6 Å². The first kappa shape index (κ1) is 14.8. The molecule has 0 bridgehead atoms. The number of rotatable bonds is 2. The Kier molecular flexibility index (Phi) is 4.36. The normalized spacial score (nSPS) is 10.0. The second-order valence-corrected chi connectivity index (χ2v) is 4.45. The first-order valence-electron chi connectivity index (χ1n) is 6.26. The molecule has 2 rings (SSSR count). The minimum atomic E-state index is -0.637. The lowest BCUT2D eigenvalue weighted by Gasteiger charge is -2.08. The summed E-state index contributed by atoms with van der Waals surface area (Å²) >= 11 is 0. The highest BCUT2D eigenvalue weighted by molar-refractivity contribution is 5.42. The van der Waals surface area contributed by atoms with Crippen LogP contribution in [0.3, 0.4) is 0 Å². The van der Waals surface area contributed by atoms with Crippen LogP contribution in [0.5, 0.6) is 0 Å². The van der Waals surface area contributed by atoms with Crippen LogP contribution in [0.2, 0.25) is 0 Å². The summed E-state index contributed by atoms with van der Waals surface area (Å²) in [6, 6.07) is 4.11. The Labute approximate surface area is 120 Å². The molecule has 0 saturated carbocycles. The molecule has 0 saturated heterocycles. The Morgan fingerprint density at radius 1 is 1.24 bits per heavy atom. The fourth-order valence-corrected chi connectivity index (χ4v) is 1.85. The van der Waals surface area contributed by atoms with Crippen LogP contribution in [0, 0.1) is 17.7 Å². The molecule has 2 aromatic rings. The number of benzene rings is 1. The van der Waals surface area contributed by atoms with Crippen molar-refractivity contribution in [2.75, 3.05) is 6.54 Å². The van der Waals surface area contributed by atoms with Gasteiger partial charge in [0.1, 0.15) is 5.82 Å². The number of hydrogen-bond donors (Lipinski definition) is 1. The fraction of sp³-hybridized carbons (Fsp3) is 0.200. The molecule has 0 aliphatic rings. The molecule has 5 nitrogen and oxygen atoms in total. The third-order valence-corrected chi connectivity index (χ3v) is 2.97. The third-order valence-electron chi connectivity index (χ3n) is 2.97. The van der Waals surface area contributed by atoms with Crippen LogP contribution in [0.1, 0.15) is 11.1 Å². The van der Waals surface area contributed by atoms with Crippen molar-refractivity contribution in [3.63, 3.8) is 0 Å². The first-order valence-corrected chi connectivity index (χ1v) is 6.26. The maximum atomic E-state index is 13.3. The molecular formula is C15H14FN3O2. The summed E-state index contributed by atoms with van der Waals surface area (Å²) in [5.74, 6) is 5.00. The SMILES string of the molecule is Cn1ccn(Cc2ccc(F)cc2C#CCN)c(=O)c1=O. The number of hydrogen-bond acceptors (Lipinski definition) is 3. The molecule has 1 heterocycles. The van der Waals surface area contributed by atoms with E-state index in [1.165, 1.54) is 40.7 Å². The van der Waals surface area contributed by atoms with Crippen molar-refractivity contribution in [3.05, 3.63) is 68.2 Å². The molecule has 108 valence electrons. The predicted octanol–water partition coefficient (Wildman–Crippen LogP) is 0.0446. The summed E-state index contributed by atoms with van der Waals surface area (Å²) in [6.07, 6.45) is 3.01. The molecule has 0 unspecified atom stereocenters. The molecule has 1 aromatic heterocycles. The second kappa shape index (κ2) is 6.20. The van der Waals surface area contributed by atoms with E-state index in [4.69, 9.17) is 5.73 Å². The zero-order valence-corrected chi connectivity index (χ0v) is 11.5. The van der Waals surface area contributed by atoms with Crippen molar-refractivity contribution < 1.29 is 4.39 Å². The van der Waals surface area contributed by atoms with Crippen LogP contribution in [0.15, 0.2) is 40.2 Å². The monoisotopic (exact) mass is 287 g/mol. The Balaban J connectivity index is 2.47. The second-order valence-electron chi connectivity index (χ2n) is 4.45. The fourth-order valence-electron chi connectivity index (χ4n) is 1.85. The first-order chi connectivity index (χ1) is 10.0. The molecule has 1 aromatic carbocycles. The zero-order valence-electron chi connectivity index (χ0n) is 11.5. The summed E-state index contributed by atoms with van der Waals surface area (Å²) in [4.78, 5) is 23.5. The van der Waals surface area contributed by atoms with Crippen LogP contribution in [0.25, 0.3) is 0 Å². The summed E-state index contributed by atoms with van der Waals surface area (Å²) < 4.78 is 15.8. The topological polar surface area (TPSA) is 70.0 Å². The van der Waals surface area contributed by atoms with Crippen LogP contribution in [0.4, 0.5) is 4.39 Å². The van der Waals surface area contributed by atoms with Gasteiger partial charge in [0.25, 0.3) is 0 Å². The summed E-state index contributed by atoms with van der Waals surface area (Å²) in [5, 5.41) is 0. The van der Waals surface area contributed by atoms with Gasteiger partial charge in [0.2, 0.25) is 0 Å². The summed E-state index contributed by atoms with van der Waals surface area (Å²) in [6.45, 7) is 0.297. The molecule has 2 N–H and O–H groups in total. The molecule has 0 amide bonds. The van der Waals surface area contributed by atoms with E-state index >= 15 is 0 Å². The molecule has 0 aliphatic heterocycles. The highest BCUT2D eigenvalue weighted by Gasteiger charge is 2.07. The number of aromatic nitrogens is 2. The lowest BCUT2D eigenvalue weighted by Crippen LogP contribution is -2.39. The van der Waals surface area contributed by atoms with Crippen LogP contribution < -0.4 is 16.9 Å². The maximum Gasteiger partial charge on any atom is 0.316 e. The third kappa shape index (κ3) is 3.27. The smallest absolute Gasteiger partial charge is 0.316 e. The van der Waals surface area contributed by atoms with Gasteiger partial charge in [-0.1, -0.05) is 17.9 Å². The maximum absolute atomic E-state index is 13.3. The van der Waals surface area contributed by atoms with Crippen molar-refractivity contribution in [3.8, 4) is 11.8 Å². The lowest BCUT2D eigenvalue weighted by atomic mass is 10.1. The van der Waals surface area contributed by atoms with Gasteiger partial charge in [-0.25, -0.2) is 4.39 Å². The van der Waals surface area contributed by atoms with Gasteiger partial charge in [0.05, 0.1) is 13.1 Å². The van der Waals surface area contributed by atoms with Crippen molar-refractivity contribution >= 4 is 0 Å². The van der Waals surface area contributed by atoms with E-state index in [9.17, 15) is 14.0 Å². The van der Waals surface area contributed by atoms with E-state index < -0.39 is 16.9 Å². The molecule has 0 radical (unpaired) electrons. The van der Waals surface area contributed by atoms with Crippen molar-refractivity contribution in [1.82, 2.24) is 9.13 Å².